The minimum absolute atomic E-state index is 0.688. The molecule has 0 radical (unpaired) electrons. The molecule has 1 heterocycles. The van der Waals surface area contributed by atoms with Gasteiger partial charge in [-0.05, 0) is 18.6 Å². The van der Waals surface area contributed by atoms with E-state index in [0.29, 0.717) is 6.73 Å². The summed E-state index contributed by atoms with van der Waals surface area (Å²) >= 11 is 0. The summed E-state index contributed by atoms with van der Waals surface area (Å²) in [5.74, 6) is 0. The Morgan fingerprint density at radius 1 is 1.27 bits per heavy atom. The third kappa shape index (κ3) is 3.23. The molecule has 62 valence electrons. The van der Waals surface area contributed by atoms with Gasteiger partial charge in [0.15, 0.2) is 0 Å². The molecular formula is C9H15NO. The smallest absolute Gasteiger partial charge is 0.122 e. The summed E-state index contributed by atoms with van der Waals surface area (Å²) in [6.45, 7) is 3.72. The van der Waals surface area contributed by atoms with E-state index < -0.39 is 0 Å². The van der Waals surface area contributed by atoms with Gasteiger partial charge in [-0.2, -0.15) is 0 Å². The van der Waals surface area contributed by atoms with E-state index in [0.717, 1.165) is 13.0 Å². The van der Waals surface area contributed by atoms with Crippen molar-refractivity contribution < 1.29 is 4.74 Å². The van der Waals surface area contributed by atoms with Gasteiger partial charge in [0.25, 0.3) is 0 Å². The molecule has 0 saturated heterocycles. The van der Waals surface area contributed by atoms with Crippen molar-refractivity contribution in [1.29, 1.82) is 0 Å². The summed E-state index contributed by atoms with van der Waals surface area (Å²) in [5, 5.41) is 0. The minimum atomic E-state index is 0.688. The predicted molar refractivity (Wildman–Crippen MR) is 45.3 cm³/mol. The highest BCUT2D eigenvalue weighted by atomic mass is 16.5. The molecule has 0 spiro atoms. The van der Waals surface area contributed by atoms with Crippen LogP contribution in [-0.4, -0.2) is 11.2 Å². The maximum absolute atomic E-state index is 5.38. The Kier molecular flexibility index (Phi) is 3.76. The number of hydrogen-bond acceptors (Lipinski definition) is 1. The van der Waals surface area contributed by atoms with Crippen molar-refractivity contribution in [3.8, 4) is 0 Å². The molecule has 0 aliphatic heterocycles. The predicted octanol–water partition coefficient (Wildman–Crippen LogP) is 2.26. The Labute approximate surface area is 67.8 Å². The highest BCUT2D eigenvalue weighted by Gasteiger charge is 1.87. The van der Waals surface area contributed by atoms with E-state index in [4.69, 9.17) is 4.74 Å². The molecule has 2 nitrogen and oxygen atoms in total. The molecule has 0 unspecified atom stereocenters. The Bertz CT molecular complexity index is 170. The molecule has 0 aromatic carbocycles. The van der Waals surface area contributed by atoms with Gasteiger partial charge in [0.1, 0.15) is 6.73 Å². The van der Waals surface area contributed by atoms with Crippen LogP contribution in [0.25, 0.3) is 0 Å². The summed E-state index contributed by atoms with van der Waals surface area (Å²) in [6.07, 6.45) is 6.37. The summed E-state index contributed by atoms with van der Waals surface area (Å²) in [5.41, 5.74) is 0. The molecule has 11 heavy (non-hydrogen) atoms. The molecule has 0 N–H and O–H groups in total. The monoisotopic (exact) mass is 153 g/mol. The molecule has 1 rings (SSSR count). The van der Waals surface area contributed by atoms with Crippen molar-refractivity contribution in [3.05, 3.63) is 24.5 Å². The molecule has 0 saturated carbocycles. The van der Waals surface area contributed by atoms with E-state index in [1.807, 2.05) is 29.1 Å². The van der Waals surface area contributed by atoms with Crippen molar-refractivity contribution in [1.82, 2.24) is 4.57 Å². The van der Waals surface area contributed by atoms with Gasteiger partial charge in [-0.15, -0.1) is 0 Å². The number of ether oxygens (including phenoxy) is 1. The Balaban J connectivity index is 2.04. The standard InChI is InChI=1S/C9H15NO/c1-2-3-8-11-9-10-6-4-5-7-10/h4-7H,2-3,8-9H2,1H3. The lowest BCUT2D eigenvalue weighted by molar-refractivity contribution is 0.0751. The summed E-state index contributed by atoms with van der Waals surface area (Å²) in [6, 6.07) is 4.01. The molecule has 0 fully saturated rings. The highest BCUT2D eigenvalue weighted by molar-refractivity contribution is 4.89. The zero-order valence-electron chi connectivity index (χ0n) is 6.99. The lowest BCUT2D eigenvalue weighted by Crippen LogP contribution is -2.00. The largest absolute Gasteiger partial charge is 0.361 e. The van der Waals surface area contributed by atoms with Crippen LogP contribution in [0.1, 0.15) is 19.8 Å². The molecule has 0 bridgehead atoms. The Morgan fingerprint density at radius 2 is 2.00 bits per heavy atom. The Hall–Kier alpha value is -0.760. The van der Waals surface area contributed by atoms with Gasteiger partial charge in [0, 0.05) is 19.0 Å². The van der Waals surface area contributed by atoms with E-state index in [1.54, 1.807) is 0 Å². The number of rotatable bonds is 5. The lowest BCUT2D eigenvalue weighted by Gasteiger charge is -2.03. The third-order valence-corrected chi connectivity index (χ3v) is 1.55. The van der Waals surface area contributed by atoms with Gasteiger partial charge in [0.05, 0.1) is 0 Å². The molecule has 0 atom stereocenters. The first-order valence-corrected chi connectivity index (χ1v) is 4.12. The van der Waals surface area contributed by atoms with E-state index in [-0.39, 0.29) is 0 Å². The fourth-order valence-corrected chi connectivity index (χ4v) is 0.873. The SMILES string of the molecule is CCCCOCn1cccc1. The van der Waals surface area contributed by atoms with Crippen LogP contribution in [0.3, 0.4) is 0 Å². The normalized spacial score (nSPS) is 10.3. The summed E-state index contributed by atoms with van der Waals surface area (Å²) < 4.78 is 7.40. The van der Waals surface area contributed by atoms with Crippen LogP contribution >= 0.6 is 0 Å². The molecule has 0 aliphatic carbocycles. The van der Waals surface area contributed by atoms with Crippen molar-refractivity contribution >= 4 is 0 Å². The quantitative estimate of drug-likeness (QED) is 0.592. The van der Waals surface area contributed by atoms with E-state index >= 15 is 0 Å². The first-order chi connectivity index (χ1) is 5.43. The van der Waals surface area contributed by atoms with Crippen molar-refractivity contribution in [2.75, 3.05) is 6.61 Å². The maximum atomic E-state index is 5.38. The fraction of sp³-hybridized carbons (Fsp3) is 0.556. The number of hydrogen-bond donors (Lipinski definition) is 0. The first kappa shape index (κ1) is 8.34. The third-order valence-electron chi connectivity index (χ3n) is 1.55. The first-order valence-electron chi connectivity index (χ1n) is 4.12. The van der Waals surface area contributed by atoms with Crippen LogP contribution in [0.4, 0.5) is 0 Å². The minimum Gasteiger partial charge on any atom is -0.361 e. The molecule has 0 aliphatic rings. The second-order valence-corrected chi connectivity index (χ2v) is 2.59. The molecular weight excluding hydrogens is 138 g/mol. The Morgan fingerprint density at radius 3 is 2.64 bits per heavy atom. The van der Waals surface area contributed by atoms with Gasteiger partial charge in [0.2, 0.25) is 0 Å². The van der Waals surface area contributed by atoms with Crippen LogP contribution in [0.2, 0.25) is 0 Å². The van der Waals surface area contributed by atoms with Crippen LogP contribution in [-0.2, 0) is 11.5 Å². The zero-order chi connectivity index (χ0) is 7.94. The highest BCUT2D eigenvalue weighted by Crippen LogP contribution is 1.93. The molecule has 1 aromatic rings. The fourth-order valence-electron chi connectivity index (χ4n) is 0.873. The summed E-state index contributed by atoms with van der Waals surface area (Å²) in [4.78, 5) is 0. The molecule has 1 aromatic heterocycles. The van der Waals surface area contributed by atoms with Crippen LogP contribution in [0.5, 0.6) is 0 Å². The number of nitrogens with zero attached hydrogens (tertiary/aromatic N) is 1. The van der Waals surface area contributed by atoms with E-state index in [2.05, 4.69) is 6.92 Å². The number of unbranched alkanes of at least 4 members (excludes halogenated alkanes) is 1. The second kappa shape index (κ2) is 4.97. The maximum Gasteiger partial charge on any atom is 0.122 e. The van der Waals surface area contributed by atoms with Gasteiger partial charge in [-0.3, -0.25) is 0 Å². The van der Waals surface area contributed by atoms with Crippen LogP contribution in [0.15, 0.2) is 24.5 Å². The van der Waals surface area contributed by atoms with Gasteiger partial charge in [-0.1, -0.05) is 13.3 Å². The van der Waals surface area contributed by atoms with E-state index in [1.165, 1.54) is 6.42 Å². The topological polar surface area (TPSA) is 14.2 Å². The number of aromatic nitrogens is 1. The lowest BCUT2D eigenvalue weighted by atomic mass is 10.4. The van der Waals surface area contributed by atoms with Gasteiger partial charge in [-0.25, -0.2) is 0 Å². The zero-order valence-corrected chi connectivity index (χ0v) is 6.99. The van der Waals surface area contributed by atoms with Crippen molar-refractivity contribution in [3.63, 3.8) is 0 Å². The van der Waals surface area contributed by atoms with Gasteiger partial charge < -0.3 is 9.30 Å². The average molecular weight is 153 g/mol. The van der Waals surface area contributed by atoms with Gasteiger partial charge >= 0.3 is 0 Å². The van der Waals surface area contributed by atoms with E-state index in [9.17, 15) is 0 Å². The molecule has 0 amide bonds. The van der Waals surface area contributed by atoms with Crippen LogP contribution in [0, 0.1) is 0 Å². The molecule has 2 heteroatoms. The average Bonchev–Trinajstić information content (AvgIpc) is 2.50. The van der Waals surface area contributed by atoms with Crippen LogP contribution < -0.4 is 0 Å². The van der Waals surface area contributed by atoms with Crippen molar-refractivity contribution in [2.24, 2.45) is 0 Å². The summed E-state index contributed by atoms with van der Waals surface area (Å²) in [7, 11) is 0. The second-order valence-electron chi connectivity index (χ2n) is 2.59. The van der Waals surface area contributed by atoms with Crippen molar-refractivity contribution in [2.45, 2.75) is 26.5 Å².